The maximum absolute atomic E-state index is 13.3. The van der Waals surface area contributed by atoms with Gasteiger partial charge in [0.15, 0.2) is 0 Å². The van der Waals surface area contributed by atoms with Gasteiger partial charge in [0, 0.05) is 41.5 Å². The van der Waals surface area contributed by atoms with Crippen molar-refractivity contribution in [1.82, 2.24) is 5.32 Å². The zero-order chi connectivity index (χ0) is 12.8. The molecule has 2 N–H and O–H groups in total. The summed E-state index contributed by atoms with van der Waals surface area (Å²) in [6.07, 6.45) is 0.459. The normalized spacial score (nSPS) is 14.6. The van der Waals surface area contributed by atoms with E-state index in [0.29, 0.717) is 12.3 Å². The highest BCUT2D eigenvalue weighted by molar-refractivity contribution is 7.84. The molecule has 17 heavy (non-hydrogen) atoms. The summed E-state index contributed by atoms with van der Waals surface area (Å²) in [6, 6.07) is 2.95. The Labute approximate surface area is 101 Å². The van der Waals surface area contributed by atoms with Crippen molar-refractivity contribution in [3.63, 3.8) is 0 Å². The highest BCUT2D eigenvalue weighted by Gasteiger charge is 2.13. The smallest absolute Gasteiger partial charge is 0.129 e. The number of hydrogen-bond donors (Lipinski definition) is 2. The third kappa shape index (κ3) is 4.89. The number of rotatable bonds is 6. The van der Waals surface area contributed by atoms with Crippen molar-refractivity contribution in [3.05, 3.63) is 35.4 Å². The average Bonchev–Trinajstić information content (AvgIpc) is 2.27. The lowest BCUT2D eigenvalue weighted by Gasteiger charge is -2.12. The van der Waals surface area contributed by atoms with Crippen LogP contribution >= 0.6 is 0 Å². The third-order valence-corrected chi connectivity index (χ3v) is 3.00. The van der Waals surface area contributed by atoms with Crippen LogP contribution in [0, 0.1) is 11.6 Å². The lowest BCUT2D eigenvalue weighted by atomic mass is 10.1. The fraction of sp³-hybridized carbons (Fsp3) is 0.455. The Bertz CT molecular complexity index is 401. The highest BCUT2D eigenvalue weighted by atomic mass is 32.2. The largest absolute Gasteiger partial charge is 0.387 e. The molecule has 0 aliphatic heterocycles. The molecule has 2 unspecified atom stereocenters. The van der Waals surface area contributed by atoms with Crippen molar-refractivity contribution >= 4 is 10.8 Å². The van der Waals surface area contributed by atoms with E-state index in [2.05, 4.69) is 5.32 Å². The van der Waals surface area contributed by atoms with E-state index >= 15 is 0 Å². The molecule has 2 atom stereocenters. The first-order chi connectivity index (χ1) is 8.00. The van der Waals surface area contributed by atoms with Crippen LogP contribution in [-0.4, -0.2) is 34.4 Å². The van der Waals surface area contributed by atoms with Crippen LogP contribution in [-0.2, 0) is 10.8 Å². The first-order valence-corrected chi connectivity index (χ1v) is 6.87. The molecule has 96 valence electrons. The summed E-state index contributed by atoms with van der Waals surface area (Å²) in [5.74, 6) is -0.770. The quantitative estimate of drug-likeness (QED) is 0.752. The first kappa shape index (κ1) is 14.2. The second-order valence-corrected chi connectivity index (χ2v) is 5.22. The Kier molecular flexibility index (Phi) is 5.67. The fourth-order valence-electron chi connectivity index (χ4n) is 1.33. The van der Waals surface area contributed by atoms with Crippen LogP contribution in [0.25, 0.3) is 0 Å². The molecule has 3 nitrogen and oxygen atoms in total. The van der Waals surface area contributed by atoms with E-state index in [0.717, 1.165) is 18.2 Å². The van der Waals surface area contributed by atoms with E-state index in [1.165, 1.54) is 0 Å². The summed E-state index contributed by atoms with van der Waals surface area (Å²) in [6.45, 7) is 0.550. The van der Waals surface area contributed by atoms with Crippen LogP contribution in [0.3, 0.4) is 0 Å². The molecule has 0 saturated carbocycles. The van der Waals surface area contributed by atoms with Crippen molar-refractivity contribution < 1.29 is 18.1 Å². The SMILES string of the molecule is CS(=O)CCNCC(O)c1cc(F)ccc1F. The van der Waals surface area contributed by atoms with E-state index in [1.54, 1.807) is 6.26 Å². The van der Waals surface area contributed by atoms with Crippen molar-refractivity contribution in [2.24, 2.45) is 0 Å². The van der Waals surface area contributed by atoms with E-state index in [1.807, 2.05) is 0 Å². The number of aliphatic hydroxyl groups is 1. The Balaban J connectivity index is 2.49. The topological polar surface area (TPSA) is 49.3 Å². The van der Waals surface area contributed by atoms with Crippen LogP contribution in [0.1, 0.15) is 11.7 Å². The van der Waals surface area contributed by atoms with Gasteiger partial charge in [-0.15, -0.1) is 0 Å². The van der Waals surface area contributed by atoms with E-state index in [-0.39, 0.29) is 12.1 Å². The molecular formula is C11H15F2NO2S. The lowest BCUT2D eigenvalue weighted by Crippen LogP contribution is -2.26. The van der Waals surface area contributed by atoms with Gasteiger partial charge in [-0.2, -0.15) is 0 Å². The van der Waals surface area contributed by atoms with Gasteiger partial charge >= 0.3 is 0 Å². The lowest BCUT2D eigenvalue weighted by molar-refractivity contribution is 0.170. The predicted octanol–water partition coefficient (Wildman–Crippen LogP) is 0.966. The van der Waals surface area contributed by atoms with Gasteiger partial charge in [-0.25, -0.2) is 8.78 Å². The Morgan fingerprint density at radius 1 is 1.47 bits per heavy atom. The monoisotopic (exact) mass is 263 g/mol. The Morgan fingerprint density at radius 2 is 2.18 bits per heavy atom. The molecule has 1 rings (SSSR count). The standard InChI is InChI=1S/C11H15F2NO2S/c1-17(16)5-4-14-7-11(15)9-6-8(12)2-3-10(9)13/h2-3,6,11,14-15H,4-5,7H2,1H3. The minimum Gasteiger partial charge on any atom is -0.387 e. The van der Waals surface area contributed by atoms with Crippen molar-refractivity contribution in [1.29, 1.82) is 0 Å². The molecular weight excluding hydrogens is 248 g/mol. The number of aliphatic hydroxyl groups excluding tert-OH is 1. The van der Waals surface area contributed by atoms with Crippen LogP contribution in [0.5, 0.6) is 0 Å². The molecule has 1 aromatic rings. The number of benzene rings is 1. The molecule has 0 spiro atoms. The zero-order valence-electron chi connectivity index (χ0n) is 9.45. The molecule has 6 heteroatoms. The van der Waals surface area contributed by atoms with Gasteiger partial charge in [-0.05, 0) is 18.2 Å². The minimum absolute atomic E-state index is 0.0740. The molecule has 0 aliphatic carbocycles. The summed E-state index contributed by atoms with van der Waals surface area (Å²) < 4.78 is 36.9. The van der Waals surface area contributed by atoms with Gasteiger partial charge in [0.25, 0.3) is 0 Å². The van der Waals surface area contributed by atoms with Gasteiger partial charge in [0.05, 0.1) is 6.10 Å². The van der Waals surface area contributed by atoms with E-state index in [4.69, 9.17) is 0 Å². The van der Waals surface area contributed by atoms with Gasteiger partial charge < -0.3 is 10.4 Å². The summed E-state index contributed by atoms with van der Waals surface area (Å²) in [7, 11) is -0.911. The summed E-state index contributed by atoms with van der Waals surface area (Å²) >= 11 is 0. The molecule has 0 aliphatic rings. The second kappa shape index (κ2) is 6.78. The Morgan fingerprint density at radius 3 is 2.82 bits per heavy atom. The van der Waals surface area contributed by atoms with Gasteiger partial charge in [-0.1, -0.05) is 0 Å². The zero-order valence-corrected chi connectivity index (χ0v) is 10.3. The first-order valence-electron chi connectivity index (χ1n) is 5.14. The van der Waals surface area contributed by atoms with Crippen molar-refractivity contribution in [2.45, 2.75) is 6.10 Å². The van der Waals surface area contributed by atoms with Gasteiger partial charge in [0.1, 0.15) is 11.6 Å². The third-order valence-electron chi connectivity index (χ3n) is 2.22. The molecule has 1 aromatic carbocycles. The van der Waals surface area contributed by atoms with Crippen molar-refractivity contribution in [2.75, 3.05) is 25.1 Å². The van der Waals surface area contributed by atoms with Crippen LogP contribution in [0.4, 0.5) is 8.78 Å². The summed E-state index contributed by atoms with van der Waals surface area (Å²) in [5.41, 5.74) is -0.0740. The molecule has 0 heterocycles. The van der Waals surface area contributed by atoms with Gasteiger partial charge in [0.2, 0.25) is 0 Å². The summed E-state index contributed by atoms with van der Waals surface area (Å²) in [4.78, 5) is 0. The van der Waals surface area contributed by atoms with Crippen LogP contribution < -0.4 is 5.32 Å². The molecule has 0 amide bonds. The molecule has 0 aromatic heterocycles. The molecule has 0 fully saturated rings. The molecule has 0 saturated heterocycles. The number of nitrogens with one attached hydrogen (secondary N) is 1. The van der Waals surface area contributed by atoms with Crippen LogP contribution in [0.2, 0.25) is 0 Å². The average molecular weight is 263 g/mol. The minimum atomic E-state index is -1.11. The van der Waals surface area contributed by atoms with Crippen LogP contribution in [0.15, 0.2) is 18.2 Å². The second-order valence-electron chi connectivity index (χ2n) is 3.66. The number of hydrogen-bond acceptors (Lipinski definition) is 3. The highest BCUT2D eigenvalue weighted by Crippen LogP contribution is 2.17. The fourth-order valence-corrected chi connectivity index (χ4v) is 1.77. The molecule has 0 bridgehead atoms. The maximum Gasteiger partial charge on any atom is 0.129 e. The summed E-state index contributed by atoms with van der Waals surface area (Å²) in [5, 5.41) is 12.5. The molecule has 0 radical (unpaired) electrons. The predicted molar refractivity (Wildman–Crippen MR) is 63.1 cm³/mol. The van der Waals surface area contributed by atoms with Crippen molar-refractivity contribution in [3.8, 4) is 0 Å². The number of halogens is 2. The maximum atomic E-state index is 13.3. The Hall–Kier alpha value is -0.850. The van der Waals surface area contributed by atoms with E-state index < -0.39 is 28.5 Å². The van der Waals surface area contributed by atoms with Gasteiger partial charge in [-0.3, -0.25) is 4.21 Å². The van der Waals surface area contributed by atoms with E-state index in [9.17, 15) is 18.1 Å².